The van der Waals surface area contributed by atoms with Crippen molar-refractivity contribution in [2.75, 3.05) is 19.8 Å². The fourth-order valence-electron chi connectivity index (χ4n) is 1.92. The summed E-state index contributed by atoms with van der Waals surface area (Å²) in [5, 5.41) is 0. The molecular weight excluding hydrogens is 196 g/mol. The van der Waals surface area contributed by atoms with Crippen LogP contribution in [0.2, 0.25) is 0 Å². The highest BCUT2D eigenvalue weighted by molar-refractivity contribution is 5.80. The maximum Gasteiger partial charge on any atom is 0.237 e. The van der Waals surface area contributed by atoms with E-state index in [9.17, 15) is 9.59 Å². The molecule has 5 heteroatoms. The topological polar surface area (TPSA) is 72.6 Å². The molecule has 1 heterocycles. The van der Waals surface area contributed by atoms with Crippen LogP contribution in [0.5, 0.6) is 0 Å². The van der Waals surface area contributed by atoms with Gasteiger partial charge in [0.25, 0.3) is 0 Å². The van der Waals surface area contributed by atoms with Crippen LogP contribution < -0.4 is 5.73 Å². The van der Waals surface area contributed by atoms with Crippen molar-refractivity contribution in [3.63, 3.8) is 0 Å². The molecular formula is C10H18N2O3. The van der Waals surface area contributed by atoms with Gasteiger partial charge in [-0.05, 0) is 13.8 Å². The molecule has 0 aliphatic carbocycles. The lowest BCUT2D eigenvalue weighted by atomic mass is 10.1. The van der Waals surface area contributed by atoms with Crippen LogP contribution in [0.15, 0.2) is 0 Å². The maximum atomic E-state index is 11.2. The second-order valence-corrected chi connectivity index (χ2v) is 3.99. The highest BCUT2D eigenvalue weighted by atomic mass is 16.5. The molecule has 0 aromatic carbocycles. The van der Waals surface area contributed by atoms with E-state index in [1.165, 1.54) is 0 Å². The normalized spacial score (nSPS) is 24.8. The largest absolute Gasteiger partial charge is 0.378 e. The predicted octanol–water partition coefficient (Wildman–Crippen LogP) is -0.460. The molecule has 0 bridgehead atoms. The van der Waals surface area contributed by atoms with Gasteiger partial charge in [-0.15, -0.1) is 0 Å². The van der Waals surface area contributed by atoms with Crippen LogP contribution >= 0.6 is 0 Å². The monoisotopic (exact) mass is 214 g/mol. The van der Waals surface area contributed by atoms with Gasteiger partial charge in [-0.1, -0.05) is 0 Å². The van der Waals surface area contributed by atoms with E-state index in [0.717, 1.165) is 0 Å². The fraction of sp³-hybridized carbons (Fsp3) is 0.800. The van der Waals surface area contributed by atoms with Crippen molar-refractivity contribution >= 4 is 11.7 Å². The third-order valence-electron chi connectivity index (χ3n) is 2.65. The van der Waals surface area contributed by atoms with Crippen molar-refractivity contribution in [3.8, 4) is 0 Å². The number of nitrogens with zero attached hydrogens (tertiary/aromatic N) is 1. The van der Waals surface area contributed by atoms with Crippen molar-refractivity contribution in [1.29, 1.82) is 0 Å². The molecule has 1 amide bonds. The minimum absolute atomic E-state index is 0.0453. The summed E-state index contributed by atoms with van der Waals surface area (Å²) in [7, 11) is 0. The molecule has 2 atom stereocenters. The summed E-state index contributed by atoms with van der Waals surface area (Å²) in [5.74, 6) is -0.262. The number of hydrogen-bond donors (Lipinski definition) is 1. The minimum Gasteiger partial charge on any atom is -0.378 e. The Morgan fingerprint density at radius 2 is 2.27 bits per heavy atom. The number of morpholine rings is 1. The standard InChI is InChI=1S/C10H18N2O3/c1-7(5-8(2)13)12-3-4-15-6-9(12)10(11)14/h7,9H,3-6H2,1-2H3,(H2,11,14). The Bertz CT molecular complexity index is 255. The lowest BCUT2D eigenvalue weighted by molar-refractivity contribution is -0.132. The fourth-order valence-corrected chi connectivity index (χ4v) is 1.92. The molecule has 15 heavy (non-hydrogen) atoms. The molecule has 0 aromatic rings. The quantitative estimate of drug-likeness (QED) is 0.687. The van der Waals surface area contributed by atoms with E-state index in [0.29, 0.717) is 26.2 Å². The number of primary amides is 1. The minimum atomic E-state index is -0.395. The molecule has 5 nitrogen and oxygen atoms in total. The van der Waals surface area contributed by atoms with Crippen LogP contribution in [0.3, 0.4) is 0 Å². The lowest BCUT2D eigenvalue weighted by Gasteiger charge is -2.37. The molecule has 0 radical (unpaired) electrons. The number of carbonyl (C=O) groups is 2. The summed E-state index contributed by atoms with van der Waals surface area (Å²) in [5.41, 5.74) is 5.28. The highest BCUT2D eigenvalue weighted by Crippen LogP contribution is 2.13. The Labute approximate surface area is 89.6 Å². The van der Waals surface area contributed by atoms with E-state index in [1.54, 1.807) is 6.92 Å². The maximum absolute atomic E-state index is 11.2. The molecule has 86 valence electrons. The van der Waals surface area contributed by atoms with Gasteiger partial charge in [-0.3, -0.25) is 14.5 Å². The van der Waals surface area contributed by atoms with E-state index in [2.05, 4.69) is 0 Å². The zero-order chi connectivity index (χ0) is 11.4. The average Bonchev–Trinajstić information content (AvgIpc) is 2.16. The molecule has 0 spiro atoms. The van der Waals surface area contributed by atoms with Gasteiger partial charge in [0.15, 0.2) is 0 Å². The molecule has 0 aromatic heterocycles. The van der Waals surface area contributed by atoms with E-state index in [-0.39, 0.29) is 17.7 Å². The van der Waals surface area contributed by atoms with Crippen LogP contribution in [0.25, 0.3) is 0 Å². The first-order valence-electron chi connectivity index (χ1n) is 5.14. The number of amides is 1. The third kappa shape index (κ3) is 3.28. The molecule has 2 N–H and O–H groups in total. The van der Waals surface area contributed by atoms with Crippen molar-refractivity contribution in [3.05, 3.63) is 0 Å². The van der Waals surface area contributed by atoms with Crippen LogP contribution in [0.1, 0.15) is 20.3 Å². The van der Waals surface area contributed by atoms with E-state index in [4.69, 9.17) is 10.5 Å². The third-order valence-corrected chi connectivity index (χ3v) is 2.65. The molecule has 1 aliphatic rings. The Morgan fingerprint density at radius 3 is 2.80 bits per heavy atom. The van der Waals surface area contributed by atoms with Crippen LogP contribution in [-0.2, 0) is 14.3 Å². The van der Waals surface area contributed by atoms with Gasteiger partial charge in [-0.25, -0.2) is 0 Å². The molecule has 2 unspecified atom stereocenters. The van der Waals surface area contributed by atoms with Gasteiger partial charge in [0.1, 0.15) is 11.8 Å². The number of carbonyl (C=O) groups excluding carboxylic acids is 2. The predicted molar refractivity (Wildman–Crippen MR) is 55.3 cm³/mol. The summed E-state index contributed by atoms with van der Waals surface area (Å²) in [6.07, 6.45) is 0.448. The Morgan fingerprint density at radius 1 is 1.60 bits per heavy atom. The van der Waals surface area contributed by atoms with Crippen LogP contribution in [0.4, 0.5) is 0 Å². The first-order valence-corrected chi connectivity index (χ1v) is 5.14. The highest BCUT2D eigenvalue weighted by Gasteiger charge is 2.31. The summed E-state index contributed by atoms with van der Waals surface area (Å²) in [6.45, 7) is 5.06. The van der Waals surface area contributed by atoms with Gasteiger partial charge in [0.05, 0.1) is 13.2 Å². The van der Waals surface area contributed by atoms with E-state index < -0.39 is 6.04 Å². The first kappa shape index (κ1) is 12.1. The Balaban J connectivity index is 2.62. The second kappa shape index (κ2) is 5.23. The van der Waals surface area contributed by atoms with Gasteiger partial charge < -0.3 is 10.5 Å². The van der Waals surface area contributed by atoms with Crippen molar-refractivity contribution in [1.82, 2.24) is 4.90 Å². The SMILES string of the molecule is CC(=O)CC(C)N1CCOCC1C(N)=O. The van der Waals surface area contributed by atoms with Gasteiger partial charge in [0, 0.05) is 19.0 Å². The van der Waals surface area contributed by atoms with E-state index in [1.807, 2.05) is 11.8 Å². The summed E-state index contributed by atoms with van der Waals surface area (Å²) >= 11 is 0. The number of ketones is 1. The van der Waals surface area contributed by atoms with Crippen LogP contribution in [-0.4, -0.2) is 48.4 Å². The zero-order valence-corrected chi connectivity index (χ0v) is 9.23. The second-order valence-electron chi connectivity index (χ2n) is 3.99. The average molecular weight is 214 g/mol. The van der Waals surface area contributed by atoms with E-state index >= 15 is 0 Å². The molecule has 1 saturated heterocycles. The number of nitrogens with two attached hydrogens (primary N) is 1. The molecule has 0 saturated carbocycles. The number of ether oxygens (including phenoxy) is 1. The van der Waals surface area contributed by atoms with Gasteiger partial charge in [-0.2, -0.15) is 0 Å². The summed E-state index contributed by atoms with van der Waals surface area (Å²) in [4.78, 5) is 24.1. The molecule has 1 rings (SSSR count). The lowest BCUT2D eigenvalue weighted by Crippen LogP contribution is -2.55. The number of rotatable bonds is 4. The molecule has 1 aliphatic heterocycles. The number of hydrogen-bond acceptors (Lipinski definition) is 4. The summed E-state index contributed by atoms with van der Waals surface area (Å²) in [6, 6.07) is -0.350. The first-order chi connectivity index (χ1) is 7.02. The Kier molecular flexibility index (Phi) is 4.23. The van der Waals surface area contributed by atoms with Crippen LogP contribution in [0, 0.1) is 0 Å². The van der Waals surface area contributed by atoms with Crippen molar-refractivity contribution in [2.45, 2.75) is 32.4 Å². The van der Waals surface area contributed by atoms with Gasteiger partial charge in [0.2, 0.25) is 5.91 Å². The summed E-state index contributed by atoms with van der Waals surface area (Å²) < 4.78 is 5.20. The smallest absolute Gasteiger partial charge is 0.237 e. The van der Waals surface area contributed by atoms with Crippen molar-refractivity contribution < 1.29 is 14.3 Å². The molecule has 1 fully saturated rings. The zero-order valence-electron chi connectivity index (χ0n) is 9.23. The van der Waals surface area contributed by atoms with Gasteiger partial charge >= 0.3 is 0 Å². The van der Waals surface area contributed by atoms with Crippen molar-refractivity contribution in [2.24, 2.45) is 5.73 Å². The Hall–Kier alpha value is -0.940. The number of Topliss-reactive ketones (excluding diaryl/α,β-unsaturated/α-hetero) is 1.